The SMILES string of the molecule is Cl.NCC1CCN(Cc2nnnn2-c2ccccc2)C1. The zero-order chi connectivity index (χ0) is 13.1. The molecule has 1 aliphatic rings. The topological polar surface area (TPSA) is 72.9 Å². The molecule has 7 heteroatoms. The Hall–Kier alpha value is -1.50. The predicted molar refractivity (Wildman–Crippen MR) is 78.8 cm³/mol. The molecule has 0 aliphatic carbocycles. The summed E-state index contributed by atoms with van der Waals surface area (Å²) in [4.78, 5) is 2.36. The van der Waals surface area contributed by atoms with Crippen LogP contribution in [-0.2, 0) is 6.54 Å². The lowest BCUT2D eigenvalue weighted by atomic mass is 10.1. The first kappa shape index (κ1) is 14.9. The first-order chi connectivity index (χ1) is 9.36. The van der Waals surface area contributed by atoms with Gasteiger partial charge in [-0.15, -0.1) is 17.5 Å². The highest BCUT2D eigenvalue weighted by Gasteiger charge is 2.23. The monoisotopic (exact) mass is 294 g/mol. The Morgan fingerprint density at radius 3 is 2.75 bits per heavy atom. The second-order valence-electron chi connectivity index (χ2n) is 4.97. The fourth-order valence-corrected chi connectivity index (χ4v) is 2.52. The molecular formula is C13H19ClN6. The minimum Gasteiger partial charge on any atom is -0.330 e. The van der Waals surface area contributed by atoms with Gasteiger partial charge in [0.2, 0.25) is 0 Å². The second kappa shape index (κ2) is 6.78. The van der Waals surface area contributed by atoms with Gasteiger partial charge in [0.05, 0.1) is 12.2 Å². The Morgan fingerprint density at radius 2 is 2.05 bits per heavy atom. The molecule has 1 fully saturated rings. The zero-order valence-electron chi connectivity index (χ0n) is 11.2. The molecule has 20 heavy (non-hydrogen) atoms. The minimum absolute atomic E-state index is 0. The van der Waals surface area contributed by atoms with Gasteiger partial charge in [-0.1, -0.05) is 18.2 Å². The van der Waals surface area contributed by atoms with E-state index in [1.54, 1.807) is 4.68 Å². The number of nitrogens with two attached hydrogens (primary N) is 1. The van der Waals surface area contributed by atoms with Crippen LogP contribution in [0.4, 0.5) is 0 Å². The normalized spacial score (nSPS) is 18.9. The Kier molecular flexibility index (Phi) is 5.05. The number of nitrogens with zero attached hydrogens (tertiary/aromatic N) is 5. The van der Waals surface area contributed by atoms with E-state index in [0.717, 1.165) is 37.7 Å². The number of hydrogen-bond donors (Lipinski definition) is 1. The Labute approximate surface area is 124 Å². The molecular weight excluding hydrogens is 276 g/mol. The maximum absolute atomic E-state index is 5.72. The van der Waals surface area contributed by atoms with Crippen molar-refractivity contribution in [3.05, 3.63) is 36.2 Å². The molecule has 108 valence electrons. The summed E-state index contributed by atoms with van der Waals surface area (Å²) in [7, 11) is 0. The summed E-state index contributed by atoms with van der Waals surface area (Å²) in [6.45, 7) is 3.65. The first-order valence-corrected chi connectivity index (χ1v) is 6.62. The van der Waals surface area contributed by atoms with E-state index in [-0.39, 0.29) is 12.4 Å². The summed E-state index contributed by atoms with van der Waals surface area (Å²) in [6.07, 6.45) is 1.17. The molecule has 0 saturated carbocycles. The van der Waals surface area contributed by atoms with E-state index in [1.807, 2.05) is 30.3 Å². The Balaban J connectivity index is 0.00000147. The van der Waals surface area contributed by atoms with E-state index in [1.165, 1.54) is 6.42 Å². The summed E-state index contributed by atoms with van der Waals surface area (Å²) >= 11 is 0. The van der Waals surface area contributed by atoms with E-state index in [0.29, 0.717) is 5.92 Å². The van der Waals surface area contributed by atoms with Gasteiger partial charge < -0.3 is 5.73 Å². The highest BCUT2D eigenvalue weighted by atomic mass is 35.5. The summed E-state index contributed by atoms with van der Waals surface area (Å²) in [6, 6.07) is 9.97. The van der Waals surface area contributed by atoms with Crippen molar-refractivity contribution in [3.63, 3.8) is 0 Å². The summed E-state index contributed by atoms with van der Waals surface area (Å²) in [5, 5.41) is 12.0. The molecule has 2 aromatic rings. The van der Waals surface area contributed by atoms with Gasteiger partial charge in [-0.05, 0) is 48.0 Å². The van der Waals surface area contributed by atoms with Gasteiger partial charge in [0, 0.05) is 6.54 Å². The lowest BCUT2D eigenvalue weighted by molar-refractivity contribution is 0.307. The average Bonchev–Trinajstić information content (AvgIpc) is 3.09. The van der Waals surface area contributed by atoms with Crippen LogP contribution in [0.15, 0.2) is 30.3 Å². The van der Waals surface area contributed by atoms with Gasteiger partial charge in [-0.3, -0.25) is 4.90 Å². The van der Waals surface area contributed by atoms with Gasteiger partial charge in [0.1, 0.15) is 0 Å². The van der Waals surface area contributed by atoms with Crippen LogP contribution >= 0.6 is 12.4 Å². The number of benzene rings is 1. The number of aromatic nitrogens is 4. The lowest BCUT2D eigenvalue weighted by Crippen LogP contribution is -2.24. The van der Waals surface area contributed by atoms with Crippen molar-refractivity contribution in [2.75, 3.05) is 19.6 Å². The molecule has 1 unspecified atom stereocenters. The van der Waals surface area contributed by atoms with Gasteiger partial charge in [0.15, 0.2) is 5.82 Å². The quantitative estimate of drug-likeness (QED) is 0.905. The van der Waals surface area contributed by atoms with Crippen molar-refractivity contribution in [1.29, 1.82) is 0 Å². The molecule has 1 aliphatic heterocycles. The fourth-order valence-electron chi connectivity index (χ4n) is 2.52. The number of para-hydroxylation sites is 1. The van der Waals surface area contributed by atoms with Gasteiger partial charge >= 0.3 is 0 Å². The third kappa shape index (κ3) is 3.15. The van der Waals surface area contributed by atoms with Gasteiger partial charge in [0.25, 0.3) is 0 Å². The molecule has 0 radical (unpaired) electrons. The number of tetrazole rings is 1. The van der Waals surface area contributed by atoms with Crippen LogP contribution in [0.5, 0.6) is 0 Å². The molecule has 6 nitrogen and oxygen atoms in total. The van der Waals surface area contributed by atoms with Crippen molar-refractivity contribution >= 4 is 12.4 Å². The molecule has 1 saturated heterocycles. The van der Waals surface area contributed by atoms with Crippen LogP contribution in [0.1, 0.15) is 12.2 Å². The summed E-state index contributed by atoms with van der Waals surface area (Å²) in [5.41, 5.74) is 6.72. The Bertz CT molecular complexity index is 529. The molecule has 3 rings (SSSR count). The van der Waals surface area contributed by atoms with Gasteiger partial charge in [-0.2, -0.15) is 4.68 Å². The van der Waals surface area contributed by atoms with Crippen LogP contribution < -0.4 is 5.73 Å². The standard InChI is InChI=1S/C13H18N6.ClH/c14-8-11-6-7-18(9-11)10-13-15-16-17-19(13)12-4-2-1-3-5-12;/h1-5,11H,6-10,14H2;1H. The summed E-state index contributed by atoms with van der Waals surface area (Å²) in [5.74, 6) is 1.49. The number of halogens is 1. The molecule has 0 amide bonds. The average molecular weight is 295 g/mol. The first-order valence-electron chi connectivity index (χ1n) is 6.62. The number of likely N-dealkylation sites (tertiary alicyclic amines) is 1. The van der Waals surface area contributed by atoms with Crippen molar-refractivity contribution < 1.29 is 0 Å². The number of hydrogen-bond acceptors (Lipinski definition) is 5. The largest absolute Gasteiger partial charge is 0.330 e. The van der Waals surface area contributed by atoms with E-state index in [9.17, 15) is 0 Å². The Morgan fingerprint density at radius 1 is 1.25 bits per heavy atom. The van der Waals surface area contributed by atoms with Gasteiger partial charge in [-0.25, -0.2) is 0 Å². The molecule has 0 spiro atoms. The van der Waals surface area contributed by atoms with E-state index in [2.05, 4.69) is 20.4 Å². The highest BCUT2D eigenvalue weighted by Crippen LogP contribution is 2.17. The fraction of sp³-hybridized carbons (Fsp3) is 0.462. The maximum atomic E-state index is 5.72. The number of rotatable bonds is 4. The smallest absolute Gasteiger partial charge is 0.170 e. The molecule has 2 N–H and O–H groups in total. The third-order valence-corrected chi connectivity index (χ3v) is 3.60. The van der Waals surface area contributed by atoms with E-state index in [4.69, 9.17) is 5.73 Å². The van der Waals surface area contributed by atoms with Crippen LogP contribution in [0.3, 0.4) is 0 Å². The highest BCUT2D eigenvalue weighted by molar-refractivity contribution is 5.85. The van der Waals surface area contributed by atoms with Crippen molar-refractivity contribution in [3.8, 4) is 5.69 Å². The van der Waals surface area contributed by atoms with Crippen molar-refractivity contribution in [2.45, 2.75) is 13.0 Å². The lowest BCUT2D eigenvalue weighted by Gasteiger charge is -2.14. The van der Waals surface area contributed by atoms with E-state index >= 15 is 0 Å². The zero-order valence-corrected chi connectivity index (χ0v) is 12.0. The third-order valence-electron chi connectivity index (χ3n) is 3.60. The van der Waals surface area contributed by atoms with Crippen molar-refractivity contribution in [2.24, 2.45) is 11.7 Å². The maximum Gasteiger partial charge on any atom is 0.170 e. The second-order valence-corrected chi connectivity index (χ2v) is 4.97. The summed E-state index contributed by atoms with van der Waals surface area (Å²) < 4.78 is 1.80. The molecule has 1 aromatic heterocycles. The predicted octanol–water partition coefficient (Wildman–Crippen LogP) is 0.865. The van der Waals surface area contributed by atoms with Crippen LogP contribution in [0.2, 0.25) is 0 Å². The molecule has 1 aromatic carbocycles. The minimum atomic E-state index is 0. The van der Waals surface area contributed by atoms with Crippen molar-refractivity contribution in [1.82, 2.24) is 25.1 Å². The van der Waals surface area contributed by atoms with Crippen LogP contribution in [-0.4, -0.2) is 44.7 Å². The molecule has 2 heterocycles. The van der Waals surface area contributed by atoms with Crippen LogP contribution in [0, 0.1) is 5.92 Å². The van der Waals surface area contributed by atoms with E-state index < -0.39 is 0 Å². The molecule has 1 atom stereocenters. The molecule has 0 bridgehead atoms. The van der Waals surface area contributed by atoms with Crippen LogP contribution in [0.25, 0.3) is 5.69 Å².